The summed E-state index contributed by atoms with van der Waals surface area (Å²) in [5.41, 5.74) is 2.82. The minimum atomic E-state index is 0.509. The highest BCUT2D eigenvalue weighted by Gasteiger charge is 2.07. The van der Waals surface area contributed by atoms with Crippen LogP contribution in [0.2, 0.25) is 0 Å². The lowest BCUT2D eigenvalue weighted by Gasteiger charge is -2.16. The molecule has 0 bridgehead atoms. The Morgan fingerprint density at radius 2 is 1.90 bits per heavy atom. The third-order valence-electron chi connectivity index (χ3n) is 2.11. The summed E-state index contributed by atoms with van der Waals surface area (Å²) < 4.78 is 0. The van der Waals surface area contributed by atoms with Gasteiger partial charge in [-0.1, -0.05) is 27.2 Å². The molecule has 0 saturated carbocycles. The first-order valence-electron chi connectivity index (χ1n) is 4.20. The van der Waals surface area contributed by atoms with E-state index < -0.39 is 0 Å². The van der Waals surface area contributed by atoms with Crippen LogP contribution in [0, 0.1) is 5.92 Å². The lowest BCUT2D eigenvalue weighted by Crippen LogP contribution is -2.35. The van der Waals surface area contributed by atoms with Crippen molar-refractivity contribution in [2.24, 2.45) is 11.8 Å². The van der Waals surface area contributed by atoms with E-state index in [9.17, 15) is 0 Å². The molecule has 0 rings (SSSR count). The van der Waals surface area contributed by atoms with Gasteiger partial charge in [0.1, 0.15) is 0 Å². The molecule has 3 N–H and O–H groups in total. The van der Waals surface area contributed by atoms with Gasteiger partial charge in [0, 0.05) is 6.04 Å². The molecular formula is C8H20N2. The van der Waals surface area contributed by atoms with Gasteiger partial charge in [-0.05, 0) is 18.8 Å². The zero-order valence-corrected chi connectivity index (χ0v) is 7.35. The van der Waals surface area contributed by atoms with Gasteiger partial charge < -0.3 is 0 Å². The van der Waals surface area contributed by atoms with Gasteiger partial charge in [-0.15, -0.1) is 0 Å². The first-order chi connectivity index (χ1) is 4.74. The zero-order valence-electron chi connectivity index (χ0n) is 7.35. The van der Waals surface area contributed by atoms with E-state index in [2.05, 4.69) is 26.2 Å². The maximum Gasteiger partial charge on any atom is 0.0210 e. The second-order valence-electron chi connectivity index (χ2n) is 3.02. The first-order valence-corrected chi connectivity index (χ1v) is 4.20. The smallest absolute Gasteiger partial charge is 0.0210 e. The molecule has 0 heterocycles. The van der Waals surface area contributed by atoms with E-state index in [1.807, 2.05) is 0 Å². The van der Waals surface area contributed by atoms with Crippen LogP contribution >= 0.6 is 0 Å². The van der Waals surface area contributed by atoms with E-state index >= 15 is 0 Å². The fourth-order valence-corrected chi connectivity index (χ4v) is 1.00. The third kappa shape index (κ3) is 3.85. The molecule has 2 nitrogen and oxygen atoms in total. The Bertz CT molecular complexity index is 69.7. The highest BCUT2D eigenvalue weighted by molar-refractivity contribution is 4.64. The predicted molar refractivity (Wildman–Crippen MR) is 45.5 cm³/mol. The minimum Gasteiger partial charge on any atom is -0.271 e. The maximum absolute atomic E-state index is 5.34. The Labute approximate surface area is 64.2 Å². The Morgan fingerprint density at radius 3 is 2.20 bits per heavy atom. The summed E-state index contributed by atoms with van der Waals surface area (Å²) in [6.07, 6.45) is 3.57. The predicted octanol–water partition coefficient (Wildman–Crippen LogP) is 1.66. The lowest BCUT2D eigenvalue weighted by atomic mass is 9.98. The minimum absolute atomic E-state index is 0.509. The Morgan fingerprint density at radius 1 is 1.30 bits per heavy atom. The summed E-state index contributed by atoms with van der Waals surface area (Å²) in [6.45, 7) is 6.64. The summed E-state index contributed by atoms with van der Waals surface area (Å²) >= 11 is 0. The largest absolute Gasteiger partial charge is 0.271 e. The van der Waals surface area contributed by atoms with Crippen LogP contribution in [0.15, 0.2) is 0 Å². The normalized spacial score (nSPS) is 16.8. The van der Waals surface area contributed by atoms with E-state index in [1.54, 1.807) is 0 Å². The highest BCUT2D eigenvalue weighted by Crippen LogP contribution is 2.10. The van der Waals surface area contributed by atoms with Gasteiger partial charge in [0.05, 0.1) is 0 Å². The molecule has 2 atom stereocenters. The summed E-state index contributed by atoms with van der Waals surface area (Å²) in [5.74, 6) is 6.13. The highest BCUT2D eigenvalue weighted by atomic mass is 15.2. The fraction of sp³-hybridized carbons (Fsp3) is 1.00. The number of hydrazine groups is 1. The second kappa shape index (κ2) is 5.69. The van der Waals surface area contributed by atoms with Gasteiger partial charge in [0.2, 0.25) is 0 Å². The molecule has 62 valence electrons. The van der Waals surface area contributed by atoms with Gasteiger partial charge in [0.25, 0.3) is 0 Å². The van der Waals surface area contributed by atoms with Gasteiger partial charge in [-0.2, -0.15) is 0 Å². The van der Waals surface area contributed by atoms with Crippen molar-refractivity contribution in [2.75, 3.05) is 0 Å². The van der Waals surface area contributed by atoms with E-state index in [4.69, 9.17) is 5.84 Å². The quantitative estimate of drug-likeness (QED) is 0.455. The zero-order chi connectivity index (χ0) is 7.98. The monoisotopic (exact) mass is 144 g/mol. The molecule has 0 aliphatic rings. The van der Waals surface area contributed by atoms with Gasteiger partial charge in [-0.3, -0.25) is 11.3 Å². The Kier molecular flexibility index (Phi) is 5.64. The van der Waals surface area contributed by atoms with Crippen molar-refractivity contribution < 1.29 is 0 Å². The van der Waals surface area contributed by atoms with Crippen LogP contribution in [0.1, 0.15) is 40.0 Å². The summed E-state index contributed by atoms with van der Waals surface area (Å²) in [7, 11) is 0. The molecular weight excluding hydrogens is 124 g/mol. The number of hydrogen-bond donors (Lipinski definition) is 2. The van der Waals surface area contributed by atoms with Gasteiger partial charge in [0.15, 0.2) is 0 Å². The molecule has 0 fully saturated rings. The van der Waals surface area contributed by atoms with Gasteiger partial charge in [-0.25, -0.2) is 0 Å². The van der Waals surface area contributed by atoms with E-state index in [1.165, 1.54) is 12.8 Å². The average molecular weight is 144 g/mol. The van der Waals surface area contributed by atoms with Crippen molar-refractivity contribution in [1.29, 1.82) is 0 Å². The molecule has 0 radical (unpaired) electrons. The van der Waals surface area contributed by atoms with Crippen molar-refractivity contribution in [3.8, 4) is 0 Å². The van der Waals surface area contributed by atoms with Crippen molar-refractivity contribution in [3.63, 3.8) is 0 Å². The average Bonchev–Trinajstić information content (AvgIpc) is 1.99. The van der Waals surface area contributed by atoms with Crippen molar-refractivity contribution >= 4 is 0 Å². The molecule has 2 heteroatoms. The molecule has 0 aliphatic heterocycles. The standard InChI is InChI=1S/C8H20N2/c1-4-7(3)6-8(5-2)10-9/h7-8,10H,4-6,9H2,1-3H3/t7-,8-/m1/s1. The molecule has 0 aromatic rings. The van der Waals surface area contributed by atoms with Crippen molar-refractivity contribution in [1.82, 2.24) is 5.43 Å². The van der Waals surface area contributed by atoms with E-state index in [-0.39, 0.29) is 0 Å². The number of nitrogens with one attached hydrogen (secondary N) is 1. The first kappa shape index (κ1) is 9.92. The molecule has 0 aliphatic carbocycles. The van der Waals surface area contributed by atoms with Crippen molar-refractivity contribution in [3.05, 3.63) is 0 Å². The Hall–Kier alpha value is -0.0800. The Balaban J connectivity index is 3.41. The van der Waals surface area contributed by atoms with E-state index in [0.717, 1.165) is 12.3 Å². The molecule has 0 saturated heterocycles. The van der Waals surface area contributed by atoms with Crippen LogP contribution in [-0.4, -0.2) is 6.04 Å². The van der Waals surface area contributed by atoms with E-state index in [0.29, 0.717) is 6.04 Å². The summed E-state index contributed by atoms with van der Waals surface area (Å²) in [4.78, 5) is 0. The fourth-order valence-electron chi connectivity index (χ4n) is 1.00. The SMILES string of the molecule is CC[C@@H](C)C[C@@H](CC)NN. The topological polar surface area (TPSA) is 38.0 Å². The molecule has 0 spiro atoms. The van der Waals surface area contributed by atoms with Crippen molar-refractivity contribution in [2.45, 2.75) is 46.1 Å². The van der Waals surface area contributed by atoms with Crippen LogP contribution in [0.5, 0.6) is 0 Å². The molecule has 0 aromatic heterocycles. The second-order valence-corrected chi connectivity index (χ2v) is 3.02. The number of rotatable bonds is 5. The molecule has 0 aromatic carbocycles. The van der Waals surface area contributed by atoms with Crippen LogP contribution in [-0.2, 0) is 0 Å². The van der Waals surface area contributed by atoms with Gasteiger partial charge >= 0.3 is 0 Å². The molecule has 0 unspecified atom stereocenters. The summed E-state index contributed by atoms with van der Waals surface area (Å²) in [5, 5.41) is 0. The summed E-state index contributed by atoms with van der Waals surface area (Å²) in [6, 6.07) is 0.509. The molecule has 0 amide bonds. The number of nitrogens with two attached hydrogens (primary N) is 1. The maximum atomic E-state index is 5.34. The lowest BCUT2D eigenvalue weighted by molar-refractivity contribution is 0.390. The number of hydrogen-bond acceptors (Lipinski definition) is 2. The third-order valence-corrected chi connectivity index (χ3v) is 2.11. The van der Waals surface area contributed by atoms with Crippen LogP contribution in [0.25, 0.3) is 0 Å². The van der Waals surface area contributed by atoms with Crippen LogP contribution in [0.3, 0.4) is 0 Å². The van der Waals surface area contributed by atoms with Crippen LogP contribution in [0.4, 0.5) is 0 Å². The van der Waals surface area contributed by atoms with Crippen LogP contribution < -0.4 is 11.3 Å². The molecule has 10 heavy (non-hydrogen) atoms.